The van der Waals surface area contributed by atoms with Crippen LogP contribution in [0.3, 0.4) is 0 Å². The number of aryl methyl sites for hydroxylation is 1. The van der Waals surface area contributed by atoms with E-state index in [1.165, 1.54) is 37.4 Å². The molecule has 0 atom stereocenters. The fourth-order valence-corrected chi connectivity index (χ4v) is 3.60. The number of nitrogens with zero attached hydrogens (tertiary/aromatic N) is 3. The Bertz CT molecular complexity index is 1140. The SMILES string of the molecule is C=Nc1ccccc1N(CC(F)(F)F)C(=O)c1ccc2cc(C=O)n(CCCNC)c2c1.CN. The molecule has 0 aliphatic rings. The molecular weight excluding hydrogens is 447 g/mol. The van der Waals surface area contributed by atoms with Gasteiger partial charge in [0.2, 0.25) is 0 Å². The van der Waals surface area contributed by atoms with Crippen LogP contribution in [0, 0.1) is 0 Å². The molecule has 182 valence electrons. The van der Waals surface area contributed by atoms with Crippen LogP contribution in [-0.4, -0.2) is 56.8 Å². The Hall–Kier alpha value is -3.50. The maximum atomic E-state index is 13.4. The molecule has 0 aliphatic heterocycles. The Morgan fingerprint density at radius 3 is 2.53 bits per heavy atom. The molecule has 10 heteroatoms. The second-order valence-electron chi connectivity index (χ2n) is 7.22. The molecule has 1 aromatic heterocycles. The molecule has 3 rings (SSSR count). The van der Waals surface area contributed by atoms with Gasteiger partial charge in [-0.2, -0.15) is 13.2 Å². The van der Waals surface area contributed by atoms with Crippen molar-refractivity contribution in [1.29, 1.82) is 0 Å². The number of halogens is 3. The Kier molecular flexibility index (Phi) is 9.52. The zero-order chi connectivity index (χ0) is 25.3. The summed E-state index contributed by atoms with van der Waals surface area (Å²) in [7, 11) is 3.32. The smallest absolute Gasteiger partial charge is 0.338 e. The summed E-state index contributed by atoms with van der Waals surface area (Å²) in [6.07, 6.45) is -3.16. The normalized spacial score (nSPS) is 11.0. The second kappa shape index (κ2) is 12.1. The van der Waals surface area contributed by atoms with E-state index in [0.717, 1.165) is 24.6 Å². The van der Waals surface area contributed by atoms with Crippen molar-refractivity contribution < 1.29 is 22.8 Å². The van der Waals surface area contributed by atoms with Gasteiger partial charge in [-0.25, -0.2) is 0 Å². The quantitative estimate of drug-likeness (QED) is 0.276. The average Bonchev–Trinajstić information content (AvgIpc) is 3.20. The standard InChI is InChI=1S/C23H23F3N4O2.CH5N/c1-27-10-5-11-29-18(14-31)12-16-8-9-17(13-21(16)29)22(32)30(15-23(24,25)26)20-7-4-3-6-19(20)28-2;1-2/h3-4,6-9,12-14,27H,2,5,10-11,15H2,1H3;2H2,1H3. The van der Waals surface area contributed by atoms with Gasteiger partial charge in [-0.05, 0) is 64.1 Å². The molecule has 0 saturated heterocycles. The second-order valence-corrected chi connectivity index (χ2v) is 7.22. The highest BCUT2D eigenvalue weighted by atomic mass is 19.4. The monoisotopic (exact) mass is 475 g/mol. The number of aldehydes is 1. The average molecular weight is 476 g/mol. The zero-order valence-corrected chi connectivity index (χ0v) is 19.1. The Morgan fingerprint density at radius 2 is 1.91 bits per heavy atom. The molecule has 1 heterocycles. The van der Waals surface area contributed by atoms with E-state index in [0.29, 0.717) is 22.7 Å². The number of nitrogens with one attached hydrogen (secondary N) is 1. The molecule has 0 aliphatic carbocycles. The van der Waals surface area contributed by atoms with Gasteiger partial charge in [0.05, 0.1) is 17.1 Å². The molecule has 3 aromatic rings. The number of carbonyl (C=O) groups is 2. The first-order valence-electron chi connectivity index (χ1n) is 10.5. The van der Waals surface area contributed by atoms with Gasteiger partial charge in [0.25, 0.3) is 5.91 Å². The van der Waals surface area contributed by atoms with E-state index in [9.17, 15) is 22.8 Å². The maximum Gasteiger partial charge on any atom is 0.406 e. The Balaban J connectivity index is 0.00000199. The van der Waals surface area contributed by atoms with Crippen LogP contribution >= 0.6 is 0 Å². The number of anilines is 1. The van der Waals surface area contributed by atoms with Gasteiger partial charge in [-0.15, -0.1) is 0 Å². The minimum atomic E-state index is -4.62. The van der Waals surface area contributed by atoms with Crippen molar-refractivity contribution in [1.82, 2.24) is 9.88 Å². The fraction of sp³-hybridized carbons (Fsp3) is 0.292. The van der Waals surface area contributed by atoms with Crippen LogP contribution in [0.25, 0.3) is 10.9 Å². The predicted molar refractivity (Wildman–Crippen MR) is 129 cm³/mol. The van der Waals surface area contributed by atoms with Gasteiger partial charge < -0.3 is 15.6 Å². The number of hydrogen-bond acceptors (Lipinski definition) is 5. The summed E-state index contributed by atoms with van der Waals surface area (Å²) >= 11 is 0. The highest BCUT2D eigenvalue weighted by Crippen LogP contribution is 2.32. The first kappa shape index (κ1) is 26.7. The fourth-order valence-electron chi connectivity index (χ4n) is 3.60. The summed E-state index contributed by atoms with van der Waals surface area (Å²) in [6.45, 7) is 3.16. The summed E-state index contributed by atoms with van der Waals surface area (Å²) in [5.41, 5.74) is 5.81. The number of aromatic nitrogens is 1. The van der Waals surface area contributed by atoms with Crippen LogP contribution in [0.4, 0.5) is 24.5 Å². The van der Waals surface area contributed by atoms with E-state index in [-0.39, 0.29) is 16.9 Å². The predicted octanol–water partition coefficient (Wildman–Crippen LogP) is 4.18. The minimum absolute atomic E-state index is 0.0166. The van der Waals surface area contributed by atoms with Crippen molar-refractivity contribution >= 4 is 41.2 Å². The summed E-state index contributed by atoms with van der Waals surface area (Å²) in [4.78, 5) is 29.2. The van der Waals surface area contributed by atoms with Gasteiger partial charge in [0.15, 0.2) is 6.29 Å². The van der Waals surface area contributed by atoms with E-state index in [2.05, 4.69) is 22.8 Å². The molecule has 1 amide bonds. The van der Waals surface area contributed by atoms with Crippen molar-refractivity contribution in [2.75, 3.05) is 32.1 Å². The summed E-state index contributed by atoms with van der Waals surface area (Å²) in [6, 6.07) is 12.3. The summed E-state index contributed by atoms with van der Waals surface area (Å²) in [5, 5.41) is 3.75. The van der Waals surface area contributed by atoms with Crippen molar-refractivity contribution in [2.45, 2.75) is 19.1 Å². The van der Waals surface area contributed by atoms with Crippen LogP contribution < -0.4 is 16.0 Å². The van der Waals surface area contributed by atoms with E-state index in [1.807, 2.05) is 7.05 Å². The molecule has 34 heavy (non-hydrogen) atoms. The van der Waals surface area contributed by atoms with Crippen LogP contribution in [-0.2, 0) is 6.54 Å². The number of amides is 1. The van der Waals surface area contributed by atoms with Crippen molar-refractivity contribution in [3.05, 3.63) is 59.8 Å². The molecule has 0 bridgehead atoms. The van der Waals surface area contributed by atoms with Gasteiger partial charge in [0.1, 0.15) is 6.54 Å². The van der Waals surface area contributed by atoms with E-state index >= 15 is 0 Å². The number of benzene rings is 2. The number of carbonyl (C=O) groups excluding carboxylic acids is 2. The molecule has 0 fully saturated rings. The number of fused-ring (bicyclic) bond motifs is 1. The summed E-state index contributed by atoms with van der Waals surface area (Å²) < 4.78 is 41.8. The third-order valence-corrected chi connectivity index (χ3v) is 5.04. The lowest BCUT2D eigenvalue weighted by atomic mass is 10.1. The van der Waals surface area contributed by atoms with Crippen LogP contribution in [0.2, 0.25) is 0 Å². The number of aliphatic imine (C=N–C) groups is 1. The van der Waals surface area contributed by atoms with Crippen molar-refractivity contribution in [3.63, 3.8) is 0 Å². The maximum absolute atomic E-state index is 13.4. The highest BCUT2D eigenvalue weighted by molar-refractivity contribution is 6.09. The van der Waals surface area contributed by atoms with Crippen LogP contribution in [0.15, 0.2) is 53.5 Å². The van der Waals surface area contributed by atoms with Crippen LogP contribution in [0.1, 0.15) is 27.3 Å². The third kappa shape index (κ3) is 6.30. The number of nitrogens with two attached hydrogens (primary N) is 1. The molecule has 7 nitrogen and oxygen atoms in total. The first-order valence-corrected chi connectivity index (χ1v) is 10.5. The lowest BCUT2D eigenvalue weighted by Crippen LogP contribution is -2.39. The Labute approximate surface area is 196 Å². The van der Waals surface area contributed by atoms with Gasteiger partial charge in [0, 0.05) is 23.0 Å². The van der Waals surface area contributed by atoms with Gasteiger partial charge >= 0.3 is 6.18 Å². The van der Waals surface area contributed by atoms with Gasteiger partial charge in [-0.3, -0.25) is 19.5 Å². The van der Waals surface area contributed by atoms with E-state index in [4.69, 9.17) is 0 Å². The Morgan fingerprint density at radius 1 is 1.21 bits per heavy atom. The number of para-hydroxylation sites is 2. The molecule has 0 saturated carbocycles. The molecular formula is C24H28F3N5O2. The number of hydrogen-bond donors (Lipinski definition) is 2. The lowest BCUT2D eigenvalue weighted by Gasteiger charge is -2.25. The summed E-state index contributed by atoms with van der Waals surface area (Å²) in [5.74, 6) is -0.823. The minimum Gasteiger partial charge on any atom is -0.338 e. The molecule has 0 radical (unpaired) electrons. The largest absolute Gasteiger partial charge is 0.406 e. The topological polar surface area (TPSA) is 92.7 Å². The van der Waals surface area contributed by atoms with E-state index in [1.54, 1.807) is 22.8 Å². The van der Waals surface area contributed by atoms with E-state index < -0.39 is 18.6 Å². The zero-order valence-electron chi connectivity index (χ0n) is 19.1. The van der Waals surface area contributed by atoms with Gasteiger partial charge in [-0.1, -0.05) is 18.2 Å². The lowest BCUT2D eigenvalue weighted by molar-refractivity contribution is -0.118. The molecule has 3 N–H and O–H groups in total. The van der Waals surface area contributed by atoms with Crippen molar-refractivity contribution in [3.8, 4) is 0 Å². The first-order chi connectivity index (χ1) is 16.3. The third-order valence-electron chi connectivity index (χ3n) is 5.04. The van der Waals surface area contributed by atoms with Crippen LogP contribution in [0.5, 0.6) is 0 Å². The molecule has 0 unspecified atom stereocenters. The number of alkyl halides is 3. The highest BCUT2D eigenvalue weighted by Gasteiger charge is 2.35. The molecule has 0 spiro atoms. The molecule has 2 aromatic carbocycles. The number of rotatable bonds is 9. The van der Waals surface area contributed by atoms with Crippen molar-refractivity contribution in [2.24, 2.45) is 10.7 Å².